The lowest BCUT2D eigenvalue weighted by atomic mass is 9.97. The highest BCUT2D eigenvalue weighted by molar-refractivity contribution is 7.99. The summed E-state index contributed by atoms with van der Waals surface area (Å²) in [6, 6.07) is 6.96. The van der Waals surface area contributed by atoms with E-state index >= 15 is 0 Å². The van der Waals surface area contributed by atoms with E-state index in [-0.39, 0.29) is 6.09 Å². The first-order chi connectivity index (χ1) is 11.3. The van der Waals surface area contributed by atoms with E-state index in [2.05, 4.69) is 30.4 Å². The van der Waals surface area contributed by atoms with Gasteiger partial charge in [-0.25, -0.2) is 4.79 Å². The summed E-state index contributed by atoms with van der Waals surface area (Å²) in [5, 5.41) is 3.73. The van der Waals surface area contributed by atoms with Crippen LogP contribution in [0.25, 0.3) is 0 Å². The minimum Gasteiger partial charge on any atom is -0.444 e. The van der Waals surface area contributed by atoms with Crippen molar-refractivity contribution in [3.05, 3.63) is 29.3 Å². The Balaban J connectivity index is 1.75. The number of anilines is 1. The standard InChI is InChI=1S/C19H28N2O2S/c1-13-11-24-12-17(13)20-16-7-5-6-14-8-9-21(10-15(14)16)18(22)23-19(2,3)4/h5-7,13,17,20H,8-12H2,1-4H3. The van der Waals surface area contributed by atoms with Crippen LogP contribution in [0.5, 0.6) is 0 Å². The van der Waals surface area contributed by atoms with Gasteiger partial charge in [-0.2, -0.15) is 11.8 Å². The maximum atomic E-state index is 12.4. The molecule has 0 saturated carbocycles. The van der Waals surface area contributed by atoms with Gasteiger partial charge in [-0.05, 0) is 56.1 Å². The molecule has 3 rings (SSSR count). The number of hydrogen-bond acceptors (Lipinski definition) is 4. The topological polar surface area (TPSA) is 41.6 Å². The summed E-state index contributed by atoms with van der Waals surface area (Å²) in [7, 11) is 0. The van der Waals surface area contributed by atoms with Crippen LogP contribution in [0.1, 0.15) is 38.8 Å². The molecule has 1 fully saturated rings. The zero-order chi connectivity index (χ0) is 17.3. The van der Waals surface area contributed by atoms with E-state index in [9.17, 15) is 4.79 Å². The van der Waals surface area contributed by atoms with Crippen molar-refractivity contribution in [3.8, 4) is 0 Å². The molecule has 1 aromatic carbocycles. The molecule has 1 aromatic rings. The zero-order valence-corrected chi connectivity index (χ0v) is 15.9. The number of benzene rings is 1. The Morgan fingerprint density at radius 3 is 2.79 bits per heavy atom. The minimum absolute atomic E-state index is 0.215. The van der Waals surface area contributed by atoms with Crippen LogP contribution in [0.3, 0.4) is 0 Å². The van der Waals surface area contributed by atoms with Gasteiger partial charge >= 0.3 is 6.09 Å². The highest BCUT2D eigenvalue weighted by Crippen LogP contribution is 2.31. The van der Waals surface area contributed by atoms with Crippen LogP contribution < -0.4 is 5.32 Å². The molecule has 0 radical (unpaired) electrons. The van der Waals surface area contributed by atoms with Crippen LogP contribution >= 0.6 is 11.8 Å². The fraction of sp³-hybridized carbons (Fsp3) is 0.632. The third-order valence-electron chi connectivity index (χ3n) is 4.63. The van der Waals surface area contributed by atoms with Gasteiger partial charge in [0.15, 0.2) is 0 Å². The Morgan fingerprint density at radius 1 is 1.33 bits per heavy atom. The smallest absolute Gasteiger partial charge is 0.410 e. The van der Waals surface area contributed by atoms with E-state index in [1.807, 2.05) is 37.4 Å². The average molecular weight is 349 g/mol. The Bertz CT molecular complexity index is 612. The molecule has 24 heavy (non-hydrogen) atoms. The molecule has 1 N–H and O–H groups in total. The van der Waals surface area contributed by atoms with Gasteiger partial charge < -0.3 is 15.0 Å². The predicted molar refractivity (Wildman–Crippen MR) is 101 cm³/mol. The number of nitrogens with one attached hydrogen (secondary N) is 1. The second-order valence-electron chi connectivity index (χ2n) is 7.86. The van der Waals surface area contributed by atoms with Crippen molar-refractivity contribution in [1.29, 1.82) is 0 Å². The molecule has 0 spiro atoms. The number of fused-ring (bicyclic) bond motifs is 1. The first kappa shape index (κ1) is 17.5. The quantitative estimate of drug-likeness (QED) is 0.872. The summed E-state index contributed by atoms with van der Waals surface area (Å²) in [4.78, 5) is 14.2. The molecule has 0 aliphatic carbocycles. The van der Waals surface area contributed by atoms with Crippen molar-refractivity contribution in [2.75, 3.05) is 23.4 Å². The van der Waals surface area contributed by atoms with Crippen LogP contribution in [0.4, 0.5) is 10.5 Å². The van der Waals surface area contributed by atoms with Gasteiger partial charge in [0.25, 0.3) is 0 Å². The normalized spacial score (nSPS) is 23.8. The minimum atomic E-state index is -0.453. The van der Waals surface area contributed by atoms with Crippen LogP contribution in [-0.2, 0) is 17.7 Å². The third-order valence-corrected chi connectivity index (χ3v) is 5.99. The van der Waals surface area contributed by atoms with E-state index in [4.69, 9.17) is 4.74 Å². The van der Waals surface area contributed by atoms with Gasteiger partial charge in [0.2, 0.25) is 0 Å². The molecule has 132 valence electrons. The lowest BCUT2D eigenvalue weighted by molar-refractivity contribution is 0.0224. The fourth-order valence-corrected chi connectivity index (χ4v) is 4.65. The van der Waals surface area contributed by atoms with Crippen molar-refractivity contribution < 1.29 is 9.53 Å². The van der Waals surface area contributed by atoms with Gasteiger partial charge in [-0.1, -0.05) is 19.1 Å². The Kier molecular flexibility index (Phi) is 5.00. The van der Waals surface area contributed by atoms with E-state index in [1.165, 1.54) is 22.6 Å². The molecule has 0 aromatic heterocycles. The SMILES string of the molecule is CC1CSCC1Nc1cccc2c1CN(C(=O)OC(C)(C)C)CC2. The first-order valence-corrected chi connectivity index (χ1v) is 9.92. The number of amides is 1. The molecule has 2 atom stereocenters. The molecule has 2 unspecified atom stereocenters. The van der Waals surface area contributed by atoms with Gasteiger partial charge in [-0.3, -0.25) is 0 Å². The van der Waals surface area contributed by atoms with E-state index in [1.54, 1.807) is 0 Å². The average Bonchev–Trinajstić information content (AvgIpc) is 2.91. The molecular weight excluding hydrogens is 320 g/mol. The monoisotopic (exact) mass is 348 g/mol. The highest BCUT2D eigenvalue weighted by Gasteiger charge is 2.29. The van der Waals surface area contributed by atoms with Crippen LogP contribution in [-0.4, -0.2) is 40.7 Å². The molecule has 5 heteroatoms. The number of carbonyl (C=O) groups is 1. The summed E-state index contributed by atoms with van der Waals surface area (Å²) in [6.45, 7) is 9.39. The lowest BCUT2D eigenvalue weighted by Gasteiger charge is -2.33. The van der Waals surface area contributed by atoms with Gasteiger partial charge in [0.05, 0.1) is 6.54 Å². The molecular formula is C19H28N2O2S. The fourth-order valence-electron chi connectivity index (χ4n) is 3.24. The summed E-state index contributed by atoms with van der Waals surface area (Å²) >= 11 is 2.01. The van der Waals surface area contributed by atoms with Crippen LogP contribution in [0.15, 0.2) is 18.2 Å². The van der Waals surface area contributed by atoms with E-state index in [0.29, 0.717) is 18.5 Å². The maximum Gasteiger partial charge on any atom is 0.410 e. The van der Waals surface area contributed by atoms with Crippen LogP contribution in [0.2, 0.25) is 0 Å². The number of hydrogen-bond donors (Lipinski definition) is 1. The first-order valence-electron chi connectivity index (χ1n) is 8.76. The van der Waals surface area contributed by atoms with Crippen molar-refractivity contribution >= 4 is 23.5 Å². The van der Waals surface area contributed by atoms with Gasteiger partial charge in [0.1, 0.15) is 5.60 Å². The molecule has 2 aliphatic rings. The third kappa shape index (κ3) is 4.00. The molecule has 4 nitrogen and oxygen atoms in total. The molecule has 0 bridgehead atoms. The Morgan fingerprint density at radius 2 is 2.12 bits per heavy atom. The van der Waals surface area contributed by atoms with E-state index in [0.717, 1.165) is 18.7 Å². The number of nitrogens with zero attached hydrogens (tertiary/aromatic N) is 1. The molecule has 2 heterocycles. The molecule has 1 saturated heterocycles. The second-order valence-corrected chi connectivity index (χ2v) is 8.94. The maximum absolute atomic E-state index is 12.4. The largest absolute Gasteiger partial charge is 0.444 e. The molecule has 1 amide bonds. The Hall–Kier alpha value is -1.36. The highest BCUT2D eigenvalue weighted by atomic mass is 32.2. The molecule has 2 aliphatic heterocycles. The second kappa shape index (κ2) is 6.87. The van der Waals surface area contributed by atoms with Gasteiger partial charge in [-0.15, -0.1) is 0 Å². The summed E-state index contributed by atoms with van der Waals surface area (Å²) in [5.74, 6) is 3.05. The predicted octanol–water partition coefficient (Wildman–Crippen LogP) is 4.14. The number of thioether (sulfide) groups is 1. The van der Waals surface area contributed by atoms with Crippen molar-refractivity contribution in [3.63, 3.8) is 0 Å². The summed E-state index contributed by atoms with van der Waals surface area (Å²) < 4.78 is 5.55. The summed E-state index contributed by atoms with van der Waals surface area (Å²) in [6.07, 6.45) is 0.673. The van der Waals surface area contributed by atoms with Crippen molar-refractivity contribution in [1.82, 2.24) is 4.90 Å². The van der Waals surface area contributed by atoms with Crippen molar-refractivity contribution in [2.24, 2.45) is 5.92 Å². The number of ether oxygens (including phenoxy) is 1. The Labute approximate surface area is 149 Å². The van der Waals surface area contributed by atoms with Crippen LogP contribution in [0, 0.1) is 5.92 Å². The summed E-state index contributed by atoms with van der Waals surface area (Å²) in [5.41, 5.74) is 3.32. The lowest BCUT2D eigenvalue weighted by Crippen LogP contribution is -2.40. The zero-order valence-electron chi connectivity index (χ0n) is 15.1. The van der Waals surface area contributed by atoms with Gasteiger partial charge in [0, 0.05) is 24.0 Å². The van der Waals surface area contributed by atoms with E-state index < -0.39 is 5.60 Å². The number of carbonyl (C=O) groups excluding carboxylic acids is 1. The van der Waals surface area contributed by atoms with Crippen molar-refractivity contribution in [2.45, 2.75) is 52.3 Å². The number of rotatable bonds is 2.